The summed E-state index contributed by atoms with van der Waals surface area (Å²) in [6, 6.07) is 7.85. The highest BCUT2D eigenvalue weighted by Gasteiger charge is 2.15. The van der Waals surface area contributed by atoms with Crippen LogP contribution in [0.4, 0.5) is 0 Å². The van der Waals surface area contributed by atoms with Crippen molar-refractivity contribution in [2.24, 2.45) is 0 Å². The molecule has 8 heteroatoms. The summed E-state index contributed by atoms with van der Waals surface area (Å²) in [6.07, 6.45) is 4.21. The lowest BCUT2D eigenvalue weighted by atomic mass is 10.2. The third-order valence-electron chi connectivity index (χ3n) is 3.65. The molecule has 0 saturated carbocycles. The highest BCUT2D eigenvalue weighted by atomic mass is 35.5. The second-order valence-electron chi connectivity index (χ2n) is 5.45. The highest BCUT2D eigenvalue weighted by Crippen LogP contribution is 2.28. The molecule has 0 saturated heterocycles. The van der Waals surface area contributed by atoms with Gasteiger partial charge in [0.25, 0.3) is 5.91 Å². The number of hydrogen-bond donors (Lipinski definition) is 2. The van der Waals surface area contributed by atoms with Gasteiger partial charge in [-0.1, -0.05) is 29.3 Å². The molecule has 0 aliphatic heterocycles. The number of rotatable bonds is 4. The average molecular weight is 377 g/mol. The molecule has 3 aromatic rings. The Bertz CT molecular complexity index is 909. The predicted octanol–water partition coefficient (Wildman–Crippen LogP) is 3.51. The minimum absolute atomic E-state index is 0.291. The van der Waals surface area contributed by atoms with Crippen LogP contribution in [0.5, 0.6) is 0 Å². The maximum atomic E-state index is 12.2. The van der Waals surface area contributed by atoms with E-state index in [2.05, 4.69) is 15.3 Å². The second kappa shape index (κ2) is 7.13. The van der Waals surface area contributed by atoms with Crippen LogP contribution in [0.2, 0.25) is 10.0 Å². The van der Waals surface area contributed by atoms with Crippen LogP contribution in [0, 0.1) is 5.21 Å². The van der Waals surface area contributed by atoms with Gasteiger partial charge in [-0.05, 0) is 19.1 Å². The molecule has 0 bridgehead atoms. The van der Waals surface area contributed by atoms with Crippen molar-refractivity contribution in [2.45, 2.75) is 13.0 Å². The number of nitrogens with one attached hydrogen (secondary N) is 2. The standard InChI is InChI=1S/C17H14Cl2N4O2/c1-10(21-17(24)11-4-6-23(25)7-5-11)16-20-9-15(22-16)12-2-3-13(18)14(19)8-12/h2-10H,1H3,(H,20,22)(H,21,24). The van der Waals surface area contributed by atoms with Crippen molar-refractivity contribution < 1.29 is 9.52 Å². The maximum Gasteiger partial charge on any atom is 0.252 e. The Hall–Kier alpha value is -2.57. The minimum atomic E-state index is -0.344. The summed E-state index contributed by atoms with van der Waals surface area (Å²) in [5.41, 5.74) is 2.01. The van der Waals surface area contributed by atoms with E-state index in [1.54, 1.807) is 18.3 Å². The number of H-pyrrole nitrogens is 1. The van der Waals surface area contributed by atoms with E-state index in [1.807, 2.05) is 13.0 Å². The number of pyridine rings is 1. The van der Waals surface area contributed by atoms with Gasteiger partial charge in [0.2, 0.25) is 0 Å². The van der Waals surface area contributed by atoms with Crippen molar-refractivity contribution in [2.75, 3.05) is 0 Å². The van der Waals surface area contributed by atoms with Crippen molar-refractivity contribution in [3.05, 3.63) is 75.6 Å². The molecule has 3 rings (SSSR count). The van der Waals surface area contributed by atoms with Gasteiger partial charge in [-0.3, -0.25) is 4.79 Å². The molecule has 2 N–H and O–H groups in total. The Morgan fingerprint density at radius 1 is 1.24 bits per heavy atom. The molecule has 0 aliphatic carbocycles. The average Bonchev–Trinajstić information content (AvgIpc) is 3.08. The zero-order chi connectivity index (χ0) is 18.0. The third-order valence-corrected chi connectivity index (χ3v) is 4.39. The van der Waals surface area contributed by atoms with Gasteiger partial charge >= 0.3 is 0 Å². The van der Waals surface area contributed by atoms with E-state index in [1.165, 1.54) is 24.5 Å². The molecule has 0 radical (unpaired) electrons. The summed E-state index contributed by atoms with van der Waals surface area (Å²) < 4.78 is 0.621. The first kappa shape index (κ1) is 17.3. The van der Waals surface area contributed by atoms with Crippen LogP contribution in [-0.4, -0.2) is 15.9 Å². The molecular formula is C17H14Cl2N4O2. The van der Waals surface area contributed by atoms with Gasteiger partial charge in [0.1, 0.15) is 5.82 Å². The Balaban J connectivity index is 1.74. The maximum absolute atomic E-state index is 12.2. The predicted molar refractivity (Wildman–Crippen MR) is 95.3 cm³/mol. The zero-order valence-electron chi connectivity index (χ0n) is 13.2. The summed E-state index contributed by atoms with van der Waals surface area (Å²) >= 11 is 12.0. The number of amides is 1. The van der Waals surface area contributed by atoms with Gasteiger partial charge in [-0.25, -0.2) is 4.98 Å². The lowest BCUT2D eigenvalue weighted by Crippen LogP contribution is -2.29. The molecular weight excluding hydrogens is 363 g/mol. The molecule has 0 spiro atoms. The van der Waals surface area contributed by atoms with Crippen LogP contribution in [0.3, 0.4) is 0 Å². The fourth-order valence-corrected chi connectivity index (χ4v) is 2.58. The minimum Gasteiger partial charge on any atom is -0.619 e. The summed E-state index contributed by atoms with van der Waals surface area (Å²) in [5, 5.41) is 14.8. The van der Waals surface area contributed by atoms with E-state index in [4.69, 9.17) is 23.2 Å². The highest BCUT2D eigenvalue weighted by molar-refractivity contribution is 6.42. The van der Waals surface area contributed by atoms with Crippen molar-refractivity contribution in [3.8, 4) is 11.3 Å². The van der Waals surface area contributed by atoms with E-state index in [0.717, 1.165) is 11.3 Å². The lowest BCUT2D eigenvalue weighted by molar-refractivity contribution is -0.605. The Morgan fingerprint density at radius 2 is 1.96 bits per heavy atom. The summed E-state index contributed by atoms with van der Waals surface area (Å²) in [4.78, 5) is 19.7. The third kappa shape index (κ3) is 3.92. The van der Waals surface area contributed by atoms with E-state index in [-0.39, 0.29) is 11.9 Å². The van der Waals surface area contributed by atoms with Crippen molar-refractivity contribution in [1.82, 2.24) is 15.3 Å². The monoisotopic (exact) mass is 376 g/mol. The fraction of sp³-hybridized carbons (Fsp3) is 0.118. The number of aromatic nitrogens is 3. The SMILES string of the molecule is CC(NC(=O)c1cc[n+]([O-])cc1)c1ncc(-c2ccc(Cl)c(Cl)c2)[nH]1. The number of imidazole rings is 1. The summed E-state index contributed by atoms with van der Waals surface area (Å²) in [7, 11) is 0. The molecule has 2 heterocycles. The van der Waals surface area contributed by atoms with Crippen molar-refractivity contribution in [1.29, 1.82) is 0 Å². The lowest BCUT2D eigenvalue weighted by Gasteiger charge is -2.11. The molecule has 1 amide bonds. The van der Waals surface area contributed by atoms with Crippen LogP contribution in [0.15, 0.2) is 48.9 Å². The second-order valence-corrected chi connectivity index (χ2v) is 6.27. The van der Waals surface area contributed by atoms with Gasteiger partial charge in [0, 0.05) is 17.7 Å². The molecule has 1 unspecified atom stereocenters. The van der Waals surface area contributed by atoms with Crippen LogP contribution < -0.4 is 10.0 Å². The molecule has 25 heavy (non-hydrogen) atoms. The largest absolute Gasteiger partial charge is 0.619 e. The molecule has 2 aromatic heterocycles. The van der Waals surface area contributed by atoms with Crippen molar-refractivity contribution in [3.63, 3.8) is 0 Å². The zero-order valence-corrected chi connectivity index (χ0v) is 14.7. The first-order chi connectivity index (χ1) is 11.9. The molecule has 0 fully saturated rings. The normalized spacial score (nSPS) is 12.0. The Kier molecular flexibility index (Phi) is 4.92. The Labute approximate surface area is 154 Å². The van der Waals surface area contributed by atoms with Gasteiger partial charge in [-0.2, -0.15) is 4.73 Å². The number of benzene rings is 1. The fourth-order valence-electron chi connectivity index (χ4n) is 2.28. The molecule has 0 aliphatic rings. The van der Waals surface area contributed by atoms with Crippen LogP contribution >= 0.6 is 23.2 Å². The van der Waals surface area contributed by atoms with E-state index in [9.17, 15) is 10.0 Å². The first-order valence-electron chi connectivity index (χ1n) is 7.44. The molecule has 1 atom stereocenters. The number of carbonyl (C=O) groups excluding carboxylic acids is 1. The molecule has 128 valence electrons. The summed E-state index contributed by atoms with van der Waals surface area (Å²) in [5.74, 6) is 0.310. The van der Waals surface area contributed by atoms with E-state index < -0.39 is 0 Å². The van der Waals surface area contributed by atoms with E-state index >= 15 is 0 Å². The van der Waals surface area contributed by atoms with Gasteiger partial charge in [-0.15, -0.1) is 0 Å². The van der Waals surface area contributed by atoms with Crippen LogP contribution in [0.25, 0.3) is 11.3 Å². The molecule has 1 aromatic carbocycles. The van der Waals surface area contributed by atoms with E-state index in [0.29, 0.717) is 26.2 Å². The van der Waals surface area contributed by atoms with Gasteiger partial charge in [0.15, 0.2) is 12.4 Å². The van der Waals surface area contributed by atoms with Crippen LogP contribution in [0.1, 0.15) is 29.1 Å². The first-order valence-corrected chi connectivity index (χ1v) is 8.19. The van der Waals surface area contributed by atoms with Crippen molar-refractivity contribution >= 4 is 29.1 Å². The number of aromatic amines is 1. The number of nitrogens with zero attached hydrogens (tertiary/aromatic N) is 2. The van der Waals surface area contributed by atoms with Gasteiger partial charge < -0.3 is 15.5 Å². The number of halogens is 2. The Morgan fingerprint density at radius 3 is 2.64 bits per heavy atom. The topological polar surface area (TPSA) is 84.7 Å². The summed E-state index contributed by atoms with van der Waals surface area (Å²) in [6.45, 7) is 1.81. The smallest absolute Gasteiger partial charge is 0.252 e. The molecule has 6 nitrogen and oxygen atoms in total. The number of carbonyl (C=O) groups is 1. The van der Waals surface area contributed by atoms with Crippen LogP contribution in [-0.2, 0) is 0 Å². The van der Waals surface area contributed by atoms with Gasteiger partial charge in [0.05, 0.1) is 33.5 Å². The quantitative estimate of drug-likeness (QED) is 0.539. The number of hydrogen-bond acceptors (Lipinski definition) is 3.